The summed E-state index contributed by atoms with van der Waals surface area (Å²) in [4.78, 5) is 63.3. The van der Waals surface area contributed by atoms with Gasteiger partial charge in [-0.3, -0.25) is 39.3 Å². The molecule has 3 saturated heterocycles. The lowest BCUT2D eigenvalue weighted by Crippen LogP contribution is -2.58. The Morgan fingerprint density at radius 1 is 1.09 bits per heavy atom. The number of nitrogens with one attached hydrogen (secondary N) is 2. The molecule has 1 aliphatic carbocycles. The zero-order chi connectivity index (χ0) is 40.5. The van der Waals surface area contributed by atoms with E-state index in [4.69, 9.17) is 17.0 Å². The van der Waals surface area contributed by atoms with E-state index in [1.165, 1.54) is 17.2 Å². The predicted molar refractivity (Wildman–Crippen MR) is 205 cm³/mol. The summed E-state index contributed by atoms with van der Waals surface area (Å²) >= 11 is 5.73. The van der Waals surface area contributed by atoms with E-state index in [0.717, 1.165) is 49.5 Å². The summed E-state index contributed by atoms with van der Waals surface area (Å²) in [7, 11) is 0. The fourth-order valence-corrected chi connectivity index (χ4v) is 8.77. The molecule has 2 aromatic rings. The highest BCUT2D eigenvalue weighted by molar-refractivity contribution is 7.80. The van der Waals surface area contributed by atoms with Crippen LogP contribution in [0.3, 0.4) is 0 Å². The first-order chi connectivity index (χ1) is 26.5. The Balaban J connectivity index is 0.942. The number of aromatic nitrogens is 1. The Hall–Kier alpha value is -4.70. The van der Waals surface area contributed by atoms with E-state index in [0.29, 0.717) is 31.0 Å². The Morgan fingerprint density at radius 3 is 2.39 bits per heavy atom. The van der Waals surface area contributed by atoms with Crippen molar-refractivity contribution in [2.24, 2.45) is 0 Å². The van der Waals surface area contributed by atoms with Crippen LogP contribution in [0.4, 0.5) is 35.2 Å². The Labute approximate surface area is 328 Å². The number of piperazine rings is 1. The summed E-state index contributed by atoms with van der Waals surface area (Å²) in [6.07, 6.45) is -0.183. The minimum atomic E-state index is -4.76. The zero-order valence-electron chi connectivity index (χ0n) is 31.8. The van der Waals surface area contributed by atoms with E-state index in [1.807, 2.05) is 4.90 Å². The van der Waals surface area contributed by atoms with Crippen LogP contribution in [0, 0.1) is 11.3 Å². The van der Waals surface area contributed by atoms with Crippen LogP contribution in [-0.2, 0) is 25.3 Å². The number of hydrogen-bond donors (Lipinski definition) is 2. The van der Waals surface area contributed by atoms with E-state index in [-0.39, 0.29) is 66.4 Å². The molecule has 0 radical (unpaired) electrons. The maximum atomic E-state index is 13.7. The van der Waals surface area contributed by atoms with Gasteiger partial charge in [0.2, 0.25) is 11.8 Å². The number of pyridine rings is 1. The molecular formula is C38H46F3N9O5S. The first-order valence-corrected chi connectivity index (χ1v) is 19.1. The van der Waals surface area contributed by atoms with E-state index >= 15 is 0 Å². The molecule has 4 heterocycles. The Kier molecular flexibility index (Phi) is 12.0. The van der Waals surface area contributed by atoms with Crippen LogP contribution in [0.15, 0.2) is 36.5 Å². The summed E-state index contributed by atoms with van der Waals surface area (Å²) in [5.74, 6) is -0.528. The van der Waals surface area contributed by atoms with Gasteiger partial charge in [0.1, 0.15) is 11.4 Å². The maximum absolute atomic E-state index is 13.7. The van der Waals surface area contributed by atoms with Gasteiger partial charge in [0.05, 0.1) is 54.0 Å². The monoisotopic (exact) mass is 797 g/mol. The van der Waals surface area contributed by atoms with Crippen molar-refractivity contribution in [2.45, 2.75) is 95.7 Å². The zero-order valence-corrected chi connectivity index (χ0v) is 32.6. The van der Waals surface area contributed by atoms with Crippen molar-refractivity contribution in [3.63, 3.8) is 0 Å². The molecular weight excluding hydrogens is 752 g/mol. The number of ether oxygens (including phenoxy) is 1. The largest absolute Gasteiger partial charge is 0.417 e. The molecule has 4 aliphatic rings. The topological polar surface area (TPSA) is 154 Å². The third kappa shape index (κ3) is 8.65. The normalized spacial score (nSPS) is 25.0. The van der Waals surface area contributed by atoms with Crippen LogP contribution in [0.5, 0.6) is 0 Å². The molecule has 5 amide bonds. The molecule has 6 rings (SSSR count). The maximum Gasteiger partial charge on any atom is 0.417 e. The van der Waals surface area contributed by atoms with Crippen molar-refractivity contribution in [3.05, 3.63) is 47.7 Å². The number of rotatable bonds is 10. The number of nitriles is 1. The molecule has 3 aliphatic heterocycles. The second kappa shape index (κ2) is 16.4. The minimum absolute atomic E-state index is 0.0153. The van der Waals surface area contributed by atoms with Gasteiger partial charge in [0.25, 0.3) is 5.91 Å². The molecule has 2 atom stereocenters. The number of anilines is 3. The summed E-state index contributed by atoms with van der Waals surface area (Å²) in [6, 6.07) is 7.69. The number of urea groups is 1. The van der Waals surface area contributed by atoms with Crippen LogP contribution in [0.2, 0.25) is 0 Å². The van der Waals surface area contributed by atoms with Gasteiger partial charge in [-0.1, -0.05) is 0 Å². The van der Waals surface area contributed by atoms with Gasteiger partial charge < -0.3 is 15.0 Å². The molecule has 4 fully saturated rings. The molecule has 300 valence electrons. The second-order valence-corrected chi connectivity index (χ2v) is 15.7. The molecule has 18 heteroatoms. The smallest absolute Gasteiger partial charge is 0.377 e. The van der Waals surface area contributed by atoms with Crippen LogP contribution in [0.25, 0.3) is 0 Å². The lowest BCUT2D eigenvalue weighted by atomic mass is 9.89. The van der Waals surface area contributed by atoms with Crippen molar-refractivity contribution in [2.75, 3.05) is 54.4 Å². The van der Waals surface area contributed by atoms with Crippen molar-refractivity contribution in [1.82, 2.24) is 25.0 Å². The third-order valence-corrected chi connectivity index (χ3v) is 11.4. The number of carbonyl (C=O) groups excluding carboxylic acids is 4. The number of nitrogens with zero attached hydrogens (tertiary/aromatic N) is 7. The number of benzene rings is 1. The van der Waals surface area contributed by atoms with Crippen molar-refractivity contribution >= 4 is 58.3 Å². The summed E-state index contributed by atoms with van der Waals surface area (Å²) in [5, 5.41) is 14.5. The molecule has 2 N–H and O–H groups in total. The third-order valence-electron chi connectivity index (χ3n) is 11.0. The molecule has 14 nitrogen and oxygen atoms in total. The van der Waals surface area contributed by atoms with Gasteiger partial charge in [0, 0.05) is 50.7 Å². The summed E-state index contributed by atoms with van der Waals surface area (Å²) in [5.41, 5.74) is -2.21. The fourth-order valence-electron chi connectivity index (χ4n) is 8.20. The van der Waals surface area contributed by atoms with Gasteiger partial charge in [-0.2, -0.15) is 18.4 Å². The predicted octanol–water partition coefficient (Wildman–Crippen LogP) is 4.49. The number of imide groups is 1. The molecule has 1 saturated carbocycles. The van der Waals surface area contributed by atoms with Gasteiger partial charge >= 0.3 is 12.2 Å². The minimum Gasteiger partial charge on any atom is -0.377 e. The Morgan fingerprint density at radius 2 is 1.79 bits per heavy atom. The number of halogens is 3. The van der Waals surface area contributed by atoms with Crippen molar-refractivity contribution in [1.29, 1.82) is 5.26 Å². The number of carbonyl (C=O) groups is 4. The van der Waals surface area contributed by atoms with Crippen LogP contribution in [-0.4, -0.2) is 118 Å². The van der Waals surface area contributed by atoms with Crippen LogP contribution in [0.1, 0.15) is 70.9 Å². The van der Waals surface area contributed by atoms with Crippen molar-refractivity contribution in [3.8, 4) is 6.07 Å². The standard InChI is InChI=1S/C38H46F3N9O5S/c1-23-20-46(21-24(2)48(23)22-33(52)44-26-6-12-31(43-19-26)47-14-13-32(51)45-35(47)54)15-16-55-29-10-8-27(9-11-29)50-36(56)49(34(53)37(50,3)4)28-7-5-25(18-42)30(17-28)38(39,40)41/h5-7,12,17,19,23-24,27,29H,8-11,13-16,20-22H2,1-4H3,(H,44,52)(H,45,51,54)/t23-,24+,27?,29?. The molecule has 56 heavy (non-hydrogen) atoms. The van der Waals surface area contributed by atoms with Gasteiger partial charge in [0.15, 0.2) is 5.11 Å². The first kappa shape index (κ1) is 40.9. The quantitative estimate of drug-likeness (QED) is 0.327. The average Bonchev–Trinajstić information content (AvgIpc) is 3.32. The van der Waals surface area contributed by atoms with Crippen molar-refractivity contribution < 1.29 is 37.1 Å². The lowest BCUT2D eigenvalue weighted by Gasteiger charge is -2.44. The molecule has 0 spiro atoms. The highest BCUT2D eigenvalue weighted by Crippen LogP contribution is 2.40. The number of alkyl halides is 3. The summed E-state index contributed by atoms with van der Waals surface area (Å²) < 4.78 is 47.5. The molecule has 0 unspecified atom stereocenters. The second-order valence-electron chi connectivity index (χ2n) is 15.3. The van der Waals surface area contributed by atoms with Crippen LogP contribution < -0.4 is 20.4 Å². The summed E-state index contributed by atoms with van der Waals surface area (Å²) in [6.45, 7) is 10.9. The van der Waals surface area contributed by atoms with Crippen LogP contribution >= 0.6 is 12.2 Å². The highest BCUT2D eigenvalue weighted by atomic mass is 32.1. The number of hydrogen-bond acceptors (Lipinski definition) is 10. The molecule has 1 aromatic heterocycles. The van der Waals surface area contributed by atoms with E-state index in [2.05, 4.69) is 39.3 Å². The average molecular weight is 798 g/mol. The number of amides is 5. The van der Waals surface area contributed by atoms with E-state index < -0.39 is 34.8 Å². The first-order valence-electron chi connectivity index (χ1n) is 18.7. The van der Waals surface area contributed by atoms with Gasteiger partial charge in [-0.15, -0.1) is 0 Å². The molecule has 1 aromatic carbocycles. The fraction of sp³-hybridized carbons (Fsp3) is 0.553. The van der Waals surface area contributed by atoms with E-state index in [9.17, 15) is 37.6 Å². The SMILES string of the molecule is C[C@@H]1CN(CCOC2CCC(N3C(=S)N(c4ccc(C#N)c(C(F)(F)F)c4)C(=O)C3(C)C)CC2)C[C@H](C)N1CC(=O)Nc1ccc(N2CCC(=O)NC2=O)nc1. The highest BCUT2D eigenvalue weighted by Gasteiger charge is 2.52. The molecule has 0 bridgehead atoms. The van der Waals surface area contributed by atoms with Gasteiger partial charge in [-0.05, 0) is 95.9 Å². The lowest BCUT2D eigenvalue weighted by molar-refractivity contribution is -0.137. The van der Waals surface area contributed by atoms with E-state index in [1.54, 1.807) is 32.0 Å². The number of thiocarbonyl (C=S) groups is 1. The Bertz CT molecular complexity index is 1890. The van der Waals surface area contributed by atoms with Gasteiger partial charge in [-0.25, -0.2) is 9.78 Å².